The second kappa shape index (κ2) is 6.70. The van der Waals surface area contributed by atoms with E-state index in [1.807, 2.05) is 11.6 Å². The summed E-state index contributed by atoms with van der Waals surface area (Å²) in [4.78, 5) is 12.1. The maximum atomic E-state index is 12.1. The Morgan fingerprint density at radius 3 is 2.95 bits per heavy atom. The summed E-state index contributed by atoms with van der Waals surface area (Å²) in [6.45, 7) is 4.15. The van der Waals surface area contributed by atoms with Crippen molar-refractivity contribution < 1.29 is 4.79 Å². The van der Waals surface area contributed by atoms with E-state index < -0.39 is 0 Å². The van der Waals surface area contributed by atoms with Crippen molar-refractivity contribution in [1.29, 1.82) is 0 Å². The number of aryl methyl sites for hydroxylation is 1. The molecular weight excluding hydrogens is 240 g/mol. The Labute approximate surface area is 114 Å². The first-order valence-electron chi connectivity index (χ1n) is 7.23. The Bertz CT molecular complexity index is 421. The molecule has 1 aromatic rings. The summed E-state index contributed by atoms with van der Waals surface area (Å²) in [7, 11) is 0. The molecule has 0 aliphatic heterocycles. The van der Waals surface area contributed by atoms with Crippen LogP contribution in [-0.2, 0) is 6.54 Å². The lowest BCUT2D eigenvalue weighted by atomic mass is 10.1. The van der Waals surface area contributed by atoms with Crippen LogP contribution in [0.2, 0.25) is 0 Å². The van der Waals surface area contributed by atoms with Crippen LogP contribution < -0.4 is 11.1 Å². The van der Waals surface area contributed by atoms with Crippen LogP contribution in [0.5, 0.6) is 0 Å². The van der Waals surface area contributed by atoms with Gasteiger partial charge in [-0.25, -0.2) is 0 Å². The Balaban J connectivity index is 1.89. The number of nitrogens with one attached hydrogen (secondary N) is 1. The first-order chi connectivity index (χ1) is 9.22. The molecule has 1 fully saturated rings. The average Bonchev–Trinajstić information content (AvgIpc) is 3.03. The third kappa shape index (κ3) is 3.56. The van der Waals surface area contributed by atoms with Gasteiger partial charge in [0.1, 0.15) is 0 Å². The van der Waals surface area contributed by atoms with Gasteiger partial charge < -0.3 is 11.1 Å². The highest BCUT2D eigenvalue weighted by molar-refractivity contribution is 5.95. The molecule has 0 aromatic carbocycles. The molecule has 5 heteroatoms. The zero-order valence-electron chi connectivity index (χ0n) is 11.7. The number of nitrogens with two attached hydrogens (primary N) is 1. The molecule has 5 nitrogen and oxygen atoms in total. The second-order valence-electron chi connectivity index (χ2n) is 5.37. The number of amides is 1. The molecule has 0 unspecified atom stereocenters. The van der Waals surface area contributed by atoms with Crippen molar-refractivity contribution in [1.82, 2.24) is 15.1 Å². The number of carbonyl (C=O) groups is 1. The fourth-order valence-electron chi connectivity index (χ4n) is 2.68. The van der Waals surface area contributed by atoms with Crippen molar-refractivity contribution in [3.63, 3.8) is 0 Å². The highest BCUT2D eigenvalue weighted by Gasteiger charge is 2.18. The third-order valence-electron chi connectivity index (χ3n) is 3.95. The van der Waals surface area contributed by atoms with Gasteiger partial charge in [0, 0.05) is 18.8 Å². The van der Waals surface area contributed by atoms with E-state index in [1.54, 1.807) is 6.20 Å². The maximum absolute atomic E-state index is 12.1. The SMILES string of the molecule is Cc1c(C(=O)NCC2CCCC2)cnn1CCCN. The van der Waals surface area contributed by atoms with Gasteiger partial charge in [0.05, 0.1) is 11.8 Å². The van der Waals surface area contributed by atoms with Crippen molar-refractivity contribution in [2.45, 2.75) is 45.6 Å². The van der Waals surface area contributed by atoms with Gasteiger partial charge in [-0.15, -0.1) is 0 Å². The van der Waals surface area contributed by atoms with Crippen LogP contribution in [0.4, 0.5) is 0 Å². The van der Waals surface area contributed by atoms with Crippen LogP contribution in [0.25, 0.3) is 0 Å². The largest absolute Gasteiger partial charge is 0.352 e. The minimum absolute atomic E-state index is 0.00315. The molecule has 1 aliphatic carbocycles. The summed E-state index contributed by atoms with van der Waals surface area (Å²) >= 11 is 0. The van der Waals surface area contributed by atoms with Gasteiger partial charge in [0.25, 0.3) is 5.91 Å². The Morgan fingerprint density at radius 2 is 2.26 bits per heavy atom. The lowest BCUT2D eigenvalue weighted by Crippen LogP contribution is -2.28. The standard InChI is InChI=1S/C14H24N4O/c1-11-13(10-17-18(11)8-4-7-15)14(19)16-9-12-5-2-3-6-12/h10,12H,2-9,15H2,1H3,(H,16,19). The average molecular weight is 264 g/mol. The molecule has 2 rings (SSSR count). The number of hydrogen-bond acceptors (Lipinski definition) is 3. The molecule has 1 amide bonds. The minimum Gasteiger partial charge on any atom is -0.352 e. The van der Waals surface area contributed by atoms with Crippen LogP contribution in [0.15, 0.2) is 6.20 Å². The summed E-state index contributed by atoms with van der Waals surface area (Å²) in [6.07, 6.45) is 7.64. The fourth-order valence-corrected chi connectivity index (χ4v) is 2.68. The summed E-state index contributed by atoms with van der Waals surface area (Å²) in [5.41, 5.74) is 7.11. The van der Waals surface area contributed by atoms with Gasteiger partial charge in [-0.05, 0) is 38.6 Å². The van der Waals surface area contributed by atoms with E-state index in [2.05, 4.69) is 10.4 Å². The zero-order chi connectivity index (χ0) is 13.7. The van der Waals surface area contributed by atoms with Gasteiger partial charge in [0.15, 0.2) is 0 Å². The molecular formula is C14H24N4O. The van der Waals surface area contributed by atoms with E-state index in [4.69, 9.17) is 5.73 Å². The lowest BCUT2D eigenvalue weighted by molar-refractivity contribution is 0.0946. The number of hydrogen-bond donors (Lipinski definition) is 2. The molecule has 0 radical (unpaired) electrons. The molecule has 1 heterocycles. The number of carbonyl (C=O) groups excluding carboxylic acids is 1. The van der Waals surface area contributed by atoms with Crippen LogP contribution in [0.1, 0.15) is 48.2 Å². The van der Waals surface area contributed by atoms with Crippen LogP contribution in [0.3, 0.4) is 0 Å². The predicted octanol–water partition coefficient (Wildman–Crippen LogP) is 1.46. The van der Waals surface area contributed by atoms with E-state index in [0.717, 1.165) is 25.2 Å². The maximum Gasteiger partial charge on any atom is 0.254 e. The predicted molar refractivity (Wildman–Crippen MR) is 74.9 cm³/mol. The summed E-state index contributed by atoms with van der Waals surface area (Å²) in [6, 6.07) is 0. The van der Waals surface area contributed by atoms with Gasteiger partial charge in [-0.2, -0.15) is 5.10 Å². The van der Waals surface area contributed by atoms with Crippen molar-refractivity contribution in [2.75, 3.05) is 13.1 Å². The molecule has 0 saturated heterocycles. The molecule has 0 atom stereocenters. The molecule has 0 spiro atoms. The monoisotopic (exact) mass is 264 g/mol. The van der Waals surface area contributed by atoms with E-state index in [1.165, 1.54) is 25.7 Å². The number of rotatable bonds is 6. The van der Waals surface area contributed by atoms with Crippen molar-refractivity contribution >= 4 is 5.91 Å². The van der Waals surface area contributed by atoms with Crippen molar-refractivity contribution in [3.05, 3.63) is 17.5 Å². The summed E-state index contributed by atoms with van der Waals surface area (Å²) in [5, 5.41) is 7.29. The molecule has 3 N–H and O–H groups in total. The molecule has 1 aromatic heterocycles. The highest BCUT2D eigenvalue weighted by atomic mass is 16.1. The first kappa shape index (κ1) is 14.1. The minimum atomic E-state index is 0.00315. The van der Waals surface area contributed by atoms with Crippen molar-refractivity contribution in [3.8, 4) is 0 Å². The van der Waals surface area contributed by atoms with Gasteiger partial charge >= 0.3 is 0 Å². The molecule has 0 bridgehead atoms. The first-order valence-corrected chi connectivity index (χ1v) is 7.23. The quantitative estimate of drug-likeness (QED) is 0.817. The second-order valence-corrected chi connectivity index (χ2v) is 5.37. The van der Waals surface area contributed by atoms with Gasteiger partial charge in [-0.3, -0.25) is 9.48 Å². The smallest absolute Gasteiger partial charge is 0.254 e. The van der Waals surface area contributed by atoms with Crippen LogP contribution in [-0.4, -0.2) is 28.8 Å². The van der Waals surface area contributed by atoms with E-state index in [-0.39, 0.29) is 5.91 Å². The normalized spacial score (nSPS) is 15.9. The van der Waals surface area contributed by atoms with E-state index in [9.17, 15) is 4.79 Å². The summed E-state index contributed by atoms with van der Waals surface area (Å²) in [5.74, 6) is 0.667. The van der Waals surface area contributed by atoms with Gasteiger partial charge in [-0.1, -0.05) is 12.8 Å². The highest BCUT2D eigenvalue weighted by Crippen LogP contribution is 2.23. The van der Waals surface area contributed by atoms with E-state index >= 15 is 0 Å². The Kier molecular flexibility index (Phi) is 4.96. The topological polar surface area (TPSA) is 72.9 Å². The Morgan fingerprint density at radius 1 is 1.53 bits per heavy atom. The third-order valence-corrected chi connectivity index (χ3v) is 3.95. The van der Waals surface area contributed by atoms with Gasteiger partial charge in [0.2, 0.25) is 0 Å². The number of nitrogens with zero attached hydrogens (tertiary/aromatic N) is 2. The zero-order valence-corrected chi connectivity index (χ0v) is 11.7. The Hall–Kier alpha value is -1.36. The summed E-state index contributed by atoms with van der Waals surface area (Å²) < 4.78 is 1.86. The fraction of sp³-hybridized carbons (Fsp3) is 0.714. The van der Waals surface area contributed by atoms with Crippen LogP contribution >= 0.6 is 0 Å². The van der Waals surface area contributed by atoms with Crippen LogP contribution in [0, 0.1) is 12.8 Å². The van der Waals surface area contributed by atoms with E-state index in [0.29, 0.717) is 18.0 Å². The molecule has 106 valence electrons. The lowest BCUT2D eigenvalue weighted by Gasteiger charge is -2.10. The molecule has 1 aliphatic rings. The molecule has 1 saturated carbocycles. The van der Waals surface area contributed by atoms with Crippen molar-refractivity contribution in [2.24, 2.45) is 11.7 Å². The molecule has 19 heavy (non-hydrogen) atoms. The number of aromatic nitrogens is 2.